The van der Waals surface area contributed by atoms with Gasteiger partial charge < -0.3 is 4.42 Å². The van der Waals surface area contributed by atoms with E-state index in [1.807, 2.05) is 6.07 Å². The van der Waals surface area contributed by atoms with E-state index in [1.54, 1.807) is 0 Å². The second-order valence-electron chi connectivity index (χ2n) is 17.9. The Hall–Kier alpha value is -8.00. The van der Waals surface area contributed by atoms with Crippen molar-refractivity contribution in [2.24, 2.45) is 0 Å². The van der Waals surface area contributed by atoms with Crippen LogP contribution in [0, 0.1) is 0 Å². The Morgan fingerprint density at radius 2 is 0.879 bits per heavy atom. The molecule has 66 heavy (non-hydrogen) atoms. The predicted octanol–water partition coefficient (Wildman–Crippen LogP) is 16.9. The Morgan fingerprint density at radius 3 is 1.59 bits per heavy atom. The number of fused-ring (bicyclic) bond motifs is 6. The second kappa shape index (κ2) is 16.8. The van der Waals surface area contributed by atoms with E-state index in [0.29, 0.717) is 5.92 Å². The van der Waals surface area contributed by atoms with Gasteiger partial charge in [-0.05, 0) is 139 Å². The van der Waals surface area contributed by atoms with Crippen LogP contribution in [0.3, 0.4) is 0 Å². The summed E-state index contributed by atoms with van der Waals surface area (Å²) in [6.45, 7) is 0. The Balaban J connectivity index is 0.957. The Labute approximate surface area is 387 Å². The summed E-state index contributed by atoms with van der Waals surface area (Å²) in [5.41, 5.74) is 20.6. The molecule has 1 nitrogen and oxygen atoms in total. The first kappa shape index (κ1) is 39.6. The van der Waals surface area contributed by atoms with E-state index in [9.17, 15) is 0 Å². The van der Waals surface area contributed by atoms with Crippen molar-refractivity contribution >= 4 is 21.9 Å². The lowest BCUT2D eigenvalue weighted by molar-refractivity contribution is 0.621. The number of rotatable bonds is 11. The van der Waals surface area contributed by atoms with Crippen LogP contribution in [0.25, 0.3) is 66.4 Å². The molecule has 0 saturated carbocycles. The highest BCUT2D eigenvalue weighted by atomic mass is 16.3. The number of para-hydroxylation sites is 1. The highest BCUT2D eigenvalue weighted by molar-refractivity contribution is 6.05. The average Bonchev–Trinajstić information content (AvgIpc) is 3.91. The van der Waals surface area contributed by atoms with E-state index >= 15 is 0 Å². The summed E-state index contributed by atoms with van der Waals surface area (Å²) >= 11 is 0. The van der Waals surface area contributed by atoms with Gasteiger partial charge in [-0.2, -0.15) is 0 Å². The molecule has 0 fully saturated rings. The van der Waals surface area contributed by atoms with Gasteiger partial charge in [0.1, 0.15) is 11.2 Å². The molecule has 1 heterocycles. The molecule has 1 aromatic heterocycles. The zero-order valence-corrected chi connectivity index (χ0v) is 36.8. The summed E-state index contributed by atoms with van der Waals surface area (Å²) in [5, 5.41) is 2.36. The highest BCUT2D eigenvalue weighted by Crippen LogP contribution is 2.58. The van der Waals surface area contributed by atoms with Crippen LogP contribution in [0.1, 0.15) is 51.3 Å². The molecule has 1 heteroatoms. The lowest BCUT2D eigenvalue weighted by Gasteiger charge is -2.34. The van der Waals surface area contributed by atoms with Gasteiger partial charge in [-0.25, -0.2) is 0 Å². The average molecular weight is 845 g/mol. The summed E-state index contributed by atoms with van der Waals surface area (Å²) in [4.78, 5) is 0. The van der Waals surface area contributed by atoms with Crippen molar-refractivity contribution < 1.29 is 4.42 Å². The van der Waals surface area contributed by atoms with Crippen LogP contribution in [-0.4, -0.2) is 0 Å². The maximum absolute atomic E-state index is 6.24. The van der Waals surface area contributed by atoms with Crippen molar-refractivity contribution in [1.82, 2.24) is 0 Å². The zero-order valence-electron chi connectivity index (χ0n) is 36.8. The normalized spacial score (nSPS) is 13.1. The minimum absolute atomic E-state index is 0.307. The molecule has 11 aromatic rings. The summed E-state index contributed by atoms with van der Waals surface area (Å²) < 4.78 is 6.24. The van der Waals surface area contributed by atoms with Gasteiger partial charge in [0.25, 0.3) is 0 Å². The van der Waals surface area contributed by atoms with Crippen molar-refractivity contribution in [1.29, 1.82) is 0 Å². The van der Waals surface area contributed by atoms with Gasteiger partial charge in [-0.3, -0.25) is 0 Å². The first-order valence-electron chi connectivity index (χ1n) is 23.3. The van der Waals surface area contributed by atoms with Crippen molar-refractivity contribution in [2.45, 2.75) is 30.6 Å². The Morgan fingerprint density at radius 1 is 0.348 bits per heavy atom. The maximum atomic E-state index is 6.24. The van der Waals surface area contributed by atoms with Gasteiger partial charge in [0.05, 0.1) is 5.41 Å². The van der Waals surface area contributed by atoms with Crippen molar-refractivity contribution in [3.05, 3.63) is 288 Å². The molecule has 0 amide bonds. The maximum Gasteiger partial charge on any atom is 0.135 e. The molecule has 0 N–H and O–H groups in total. The van der Waals surface area contributed by atoms with E-state index in [2.05, 4.69) is 243 Å². The third-order valence-electron chi connectivity index (χ3n) is 14.1. The molecule has 1 unspecified atom stereocenters. The monoisotopic (exact) mass is 844 g/mol. The third-order valence-corrected chi connectivity index (χ3v) is 14.1. The lowest BCUT2D eigenvalue weighted by atomic mass is 9.67. The molecule has 0 bridgehead atoms. The van der Waals surface area contributed by atoms with Gasteiger partial charge in [0.2, 0.25) is 0 Å². The summed E-state index contributed by atoms with van der Waals surface area (Å²) in [6, 6.07) is 91.8. The molecule has 0 aliphatic heterocycles. The van der Waals surface area contributed by atoms with Gasteiger partial charge in [0, 0.05) is 10.8 Å². The van der Waals surface area contributed by atoms with Gasteiger partial charge in [0.15, 0.2) is 0 Å². The van der Waals surface area contributed by atoms with E-state index in [0.717, 1.165) is 30.4 Å². The first-order chi connectivity index (χ1) is 32.7. The van der Waals surface area contributed by atoms with Crippen LogP contribution in [0.5, 0.6) is 0 Å². The number of aryl methyl sites for hydroxylation is 1. The quantitative estimate of drug-likeness (QED) is 0.126. The van der Waals surface area contributed by atoms with Gasteiger partial charge in [-0.1, -0.05) is 218 Å². The smallest absolute Gasteiger partial charge is 0.135 e. The molecule has 0 spiro atoms. The first-order valence-corrected chi connectivity index (χ1v) is 23.3. The molecule has 12 rings (SSSR count). The number of hydrogen-bond acceptors (Lipinski definition) is 1. The van der Waals surface area contributed by atoms with Crippen molar-refractivity contribution in [3.63, 3.8) is 0 Å². The van der Waals surface area contributed by atoms with Crippen molar-refractivity contribution in [2.75, 3.05) is 0 Å². The standard InChI is InChI=1S/C65H48O/c1-5-17-47(18-6-1)48-33-29-45(30-34-48)31-35-52(41-46-32-40-64-60(42-46)56-26-14-16-28-63(56)66-64)49-36-38-51(39-37-49)57-43-59-55-25-13-15-27-61(55)65(53-21-9-3-10-22-53,54-23-11-4-12-24-54)62(59)44-58(57)50-19-7-2-8-20-50/h1-30,32-34,36-40,42-44,52H,31,35,41H2. The number of benzene rings is 10. The molecule has 1 aliphatic carbocycles. The fraction of sp³-hybridized carbons (Fsp3) is 0.0769. The minimum Gasteiger partial charge on any atom is -0.456 e. The van der Waals surface area contributed by atoms with Crippen LogP contribution >= 0.6 is 0 Å². The Kier molecular flexibility index (Phi) is 10.1. The second-order valence-corrected chi connectivity index (χ2v) is 17.9. The molecule has 0 radical (unpaired) electrons. The fourth-order valence-corrected chi connectivity index (χ4v) is 10.9. The van der Waals surface area contributed by atoms with Crippen LogP contribution in [0.15, 0.2) is 253 Å². The van der Waals surface area contributed by atoms with Crippen LogP contribution < -0.4 is 0 Å². The van der Waals surface area contributed by atoms with E-state index in [-0.39, 0.29) is 0 Å². The topological polar surface area (TPSA) is 13.1 Å². The number of hydrogen-bond donors (Lipinski definition) is 0. The van der Waals surface area contributed by atoms with Gasteiger partial charge in [-0.15, -0.1) is 0 Å². The lowest BCUT2D eigenvalue weighted by Crippen LogP contribution is -2.28. The predicted molar refractivity (Wildman–Crippen MR) is 275 cm³/mol. The molecular formula is C65H48O. The molecule has 314 valence electrons. The van der Waals surface area contributed by atoms with Gasteiger partial charge >= 0.3 is 0 Å². The molecule has 1 aliphatic rings. The highest BCUT2D eigenvalue weighted by Gasteiger charge is 2.46. The summed E-state index contributed by atoms with van der Waals surface area (Å²) in [7, 11) is 0. The molecule has 0 saturated heterocycles. The van der Waals surface area contributed by atoms with Crippen molar-refractivity contribution in [3.8, 4) is 44.5 Å². The number of furan rings is 1. The third kappa shape index (κ3) is 6.96. The van der Waals surface area contributed by atoms with E-state index < -0.39 is 5.41 Å². The summed E-state index contributed by atoms with van der Waals surface area (Å²) in [6.07, 6.45) is 2.95. The minimum atomic E-state index is -0.471. The van der Waals surface area contributed by atoms with E-state index in [1.165, 1.54) is 94.2 Å². The SMILES string of the molecule is c1ccc(-c2ccc(CCC(Cc3ccc4oc5ccccc5c4c3)c3ccc(-c4cc5c(cc4-c4ccccc4)C(c4ccccc4)(c4ccccc4)c4ccccc4-5)cc3)cc2)cc1. The molecule has 1 atom stereocenters. The molecule has 10 aromatic carbocycles. The van der Waals surface area contributed by atoms with Crippen LogP contribution in [-0.2, 0) is 18.3 Å². The zero-order chi connectivity index (χ0) is 43.9. The van der Waals surface area contributed by atoms with Crippen LogP contribution in [0.2, 0.25) is 0 Å². The fourth-order valence-electron chi connectivity index (χ4n) is 10.9. The van der Waals surface area contributed by atoms with E-state index in [4.69, 9.17) is 4.42 Å². The molecular weight excluding hydrogens is 797 g/mol. The largest absolute Gasteiger partial charge is 0.456 e. The van der Waals surface area contributed by atoms with Crippen LogP contribution in [0.4, 0.5) is 0 Å². The Bertz CT molecular complexity index is 3420. The summed E-state index contributed by atoms with van der Waals surface area (Å²) in [5.74, 6) is 0.307.